The van der Waals surface area contributed by atoms with E-state index in [1.807, 2.05) is 42.5 Å². The van der Waals surface area contributed by atoms with Gasteiger partial charge in [-0.25, -0.2) is 0 Å². The van der Waals surface area contributed by atoms with Gasteiger partial charge in [0.2, 0.25) is 0 Å². The van der Waals surface area contributed by atoms with Gasteiger partial charge in [-0.2, -0.15) is 0 Å². The molecule has 1 N–H and O–H groups in total. The van der Waals surface area contributed by atoms with Crippen LogP contribution in [0.5, 0.6) is 0 Å². The minimum absolute atomic E-state index is 0.0149. The molecule has 84 valence electrons. The predicted molar refractivity (Wildman–Crippen MR) is 69.6 cm³/mol. The van der Waals surface area contributed by atoms with Gasteiger partial charge in [0.15, 0.2) is 0 Å². The van der Waals surface area contributed by atoms with Crippen LogP contribution in [0.1, 0.15) is 10.4 Å². The number of nitrogens with one attached hydrogen (secondary N) is 1. The zero-order valence-electron chi connectivity index (χ0n) is 9.09. The molecule has 2 nitrogen and oxygen atoms in total. The van der Waals surface area contributed by atoms with Gasteiger partial charge in [-0.3, -0.25) is 0 Å². The van der Waals surface area contributed by atoms with Crippen LogP contribution in [0.15, 0.2) is 54.6 Å². The zero-order chi connectivity index (χ0) is 11.7. The number of hydrogen-bond donors (Lipinski definition) is 1. The molecular weight excluding hydrogens is 277 g/mol. The summed E-state index contributed by atoms with van der Waals surface area (Å²) >= 11 is 0.151. The number of carbonyl (C=O) groups excluding carboxylic acids is 1. The summed E-state index contributed by atoms with van der Waals surface area (Å²) in [5, 5.41) is 2.94. The van der Waals surface area contributed by atoms with Crippen molar-refractivity contribution in [1.82, 2.24) is 0 Å². The van der Waals surface area contributed by atoms with Crippen LogP contribution in [0.4, 0.5) is 5.69 Å². The fourth-order valence-corrected chi connectivity index (χ4v) is 4.21. The van der Waals surface area contributed by atoms with Crippen molar-refractivity contribution in [1.29, 1.82) is 0 Å². The summed E-state index contributed by atoms with van der Waals surface area (Å²) in [5.41, 5.74) is 2.11. The third-order valence-electron chi connectivity index (χ3n) is 2.74. The maximum absolute atomic E-state index is 11.9. The van der Waals surface area contributed by atoms with E-state index in [2.05, 4.69) is 17.4 Å². The molecule has 1 atom stereocenters. The standard InChI is InChI=1S/C14H11NOSe/c16-14-13(17-10-6-2-1-3-7-10)11-8-4-5-9-12(11)15-14/h1-9,13H,(H,15,16)/t13-/m1/s1. The Labute approximate surface area is 106 Å². The summed E-state index contributed by atoms with van der Waals surface area (Å²) in [4.78, 5) is 12.0. The van der Waals surface area contributed by atoms with Crippen molar-refractivity contribution in [2.45, 2.75) is 4.82 Å². The Morgan fingerprint density at radius 1 is 0.941 bits per heavy atom. The van der Waals surface area contributed by atoms with Crippen LogP contribution in [0.25, 0.3) is 0 Å². The van der Waals surface area contributed by atoms with Gasteiger partial charge in [0.05, 0.1) is 0 Å². The number of amides is 1. The van der Waals surface area contributed by atoms with E-state index in [1.165, 1.54) is 4.46 Å². The van der Waals surface area contributed by atoms with Crippen LogP contribution in [-0.4, -0.2) is 20.9 Å². The summed E-state index contributed by atoms with van der Waals surface area (Å²) < 4.78 is 1.26. The summed E-state index contributed by atoms with van der Waals surface area (Å²) in [5.74, 6) is 0.134. The molecule has 0 saturated carbocycles. The quantitative estimate of drug-likeness (QED) is 0.838. The van der Waals surface area contributed by atoms with E-state index in [9.17, 15) is 4.79 Å². The number of rotatable bonds is 2. The third-order valence-corrected chi connectivity index (χ3v) is 5.35. The topological polar surface area (TPSA) is 29.1 Å². The van der Waals surface area contributed by atoms with E-state index in [0.717, 1.165) is 11.3 Å². The van der Waals surface area contributed by atoms with Crippen molar-refractivity contribution in [2.75, 3.05) is 5.32 Å². The van der Waals surface area contributed by atoms with E-state index in [0.29, 0.717) is 0 Å². The fourth-order valence-electron chi connectivity index (χ4n) is 1.93. The van der Waals surface area contributed by atoms with Gasteiger partial charge >= 0.3 is 106 Å². The summed E-state index contributed by atoms with van der Waals surface area (Å²) in [6.45, 7) is 0. The molecule has 17 heavy (non-hydrogen) atoms. The molecule has 3 heteroatoms. The average Bonchev–Trinajstić information content (AvgIpc) is 2.68. The molecule has 1 aliphatic heterocycles. The molecule has 0 spiro atoms. The Hall–Kier alpha value is -1.57. The Morgan fingerprint density at radius 2 is 1.65 bits per heavy atom. The molecule has 0 aromatic heterocycles. The molecule has 1 amide bonds. The van der Waals surface area contributed by atoms with Crippen LogP contribution >= 0.6 is 0 Å². The Balaban J connectivity index is 1.92. The minimum atomic E-state index is 0.0149. The molecular formula is C14H11NOSe. The summed E-state index contributed by atoms with van der Waals surface area (Å²) in [7, 11) is 0. The van der Waals surface area contributed by atoms with Gasteiger partial charge in [0, 0.05) is 0 Å². The number of para-hydroxylation sites is 1. The summed E-state index contributed by atoms with van der Waals surface area (Å²) in [6.07, 6.45) is 0. The van der Waals surface area contributed by atoms with Crippen molar-refractivity contribution in [3.63, 3.8) is 0 Å². The number of fused-ring (bicyclic) bond motifs is 1. The molecule has 3 rings (SSSR count). The van der Waals surface area contributed by atoms with E-state index in [-0.39, 0.29) is 25.7 Å². The fraction of sp³-hybridized carbons (Fsp3) is 0.0714. The van der Waals surface area contributed by atoms with Gasteiger partial charge < -0.3 is 0 Å². The Morgan fingerprint density at radius 3 is 2.47 bits per heavy atom. The Bertz CT molecular complexity index is 553. The SMILES string of the molecule is O=C1Nc2ccccc2[C@H]1[Se]c1ccccc1. The van der Waals surface area contributed by atoms with E-state index in [1.54, 1.807) is 0 Å². The molecule has 0 radical (unpaired) electrons. The van der Waals surface area contributed by atoms with Crippen LogP contribution in [0.3, 0.4) is 0 Å². The first-order valence-electron chi connectivity index (χ1n) is 5.46. The van der Waals surface area contributed by atoms with Gasteiger partial charge in [-0.15, -0.1) is 0 Å². The second-order valence-electron chi connectivity index (χ2n) is 3.89. The van der Waals surface area contributed by atoms with Gasteiger partial charge in [-0.1, -0.05) is 0 Å². The monoisotopic (exact) mass is 289 g/mol. The molecule has 0 aliphatic carbocycles. The van der Waals surface area contributed by atoms with Crippen LogP contribution in [0, 0.1) is 0 Å². The molecule has 1 aliphatic rings. The van der Waals surface area contributed by atoms with Crippen molar-refractivity contribution in [3.05, 3.63) is 60.2 Å². The number of benzene rings is 2. The van der Waals surface area contributed by atoms with Crippen molar-refractivity contribution in [3.8, 4) is 0 Å². The second kappa shape index (κ2) is 4.36. The van der Waals surface area contributed by atoms with Gasteiger partial charge in [0.25, 0.3) is 0 Å². The van der Waals surface area contributed by atoms with Crippen LogP contribution in [0.2, 0.25) is 0 Å². The number of hydrogen-bond acceptors (Lipinski definition) is 1. The molecule has 0 saturated heterocycles. The maximum atomic E-state index is 11.9. The first kappa shape index (κ1) is 10.6. The molecule has 2 aromatic carbocycles. The van der Waals surface area contributed by atoms with Crippen molar-refractivity contribution >= 4 is 31.0 Å². The van der Waals surface area contributed by atoms with E-state index < -0.39 is 0 Å². The molecule has 0 bridgehead atoms. The first-order chi connectivity index (χ1) is 8.34. The zero-order valence-corrected chi connectivity index (χ0v) is 10.8. The summed E-state index contributed by atoms with van der Waals surface area (Å²) in [6, 6.07) is 18.2. The van der Waals surface area contributed by atoms with Crippen molar-refractivity contribution < 1.29 is 4.79 Å². The number of anilines is 1. The van der Waals surface area contributed by atoms with E-state index in [4.69, 9.17) is 0 Å². The molecule has 0 fully saturated rings. The molecule has 1 heterocycles. The van der Waals surface area contributed by atoms with Gasteiger partial charge in [-0.05, 0) is 0 Å². The van der Waals surface area contributed by atoms with Crippen LogP contribution < -0.4 is 9.78 Å². The van der Waals surface area contributed by atoms with Crippen molar-refractivity contribution in [2.24, 2.45) is 0 Å². The molecule has 2 aromatic rings. The molecule has 0 unspecified atom stereocenters. The first-order valence-corrected chi connectivity index (χ1v) is 7.30. The third kappa shape index (κ3) is 1.99. The van der Waals surface area contributed by atoms with E-state index >= 15 is 0 Å². The van der Waals surface area contributed by atoms with Gasteiger partial charge in [0.1, 0.15) is 0 Å². The normalized spacial score (nSPS) is 17.6. The second-order valence-corrected chi connectivity index (χ2v) is 6.36. The van der Waals surface area contributed by atoms with Crippen LogP contribution in [-0.2, 0) is 4.79 Å². The average molecular weight is 288 g/mol. The predicted octanol–water partition coefficient (Wildman–Crippen LogP) is 1.71. The number of carbonyl (C=O) groups is 1. The Kier molecular flexibility index (Phi) is 2.71.